The Bertz CT molecular complexity index is 2060. The second kappa shape index (κ2) is 31.5. The molecule has 0 saturated carbocycles. The van der Waals surface area contributed by atoms with E-state index in [1.54, 1.807) is 27.7 Å². The number of allylic oxidation sites excluding steroid dienone is 5. The van der Waals surface area contributed by atoms with Gasteiger partial charge in [0.05, 0.1) is 133 Å². The number of fused-ring (bicyclic) bond motifs is 2. The van der Waals surface area contributed by atoms with E-state index in [1.165, 1.54) is 11.1 Å². The molecule has 1 aromatic rings. The predicted octanol–water partition coefficient (Wildman–Crippen LogP) is 9.27. The Balaban J connectivity index is 1.11. The van der Waals surface area contributed by atoms with Gasteiger partial charge in [0, 0.05) is 22.3 Å². The molecular weight excluding hydrogens is 965 g/mol. The van der Waals surface area contributed by atoms with Crippen LogP contribution in [0.2, 0.25) is 0 Å². The third-order valence-corrected chi connectivity index (χ3v) is 12.9. The minimum Gasteiger partial charge on any atom is -0.491 e. The molecule has 0 radical (unpaired) electrons. The highest BCUT2D eigenvalue weighted by molar-refractivity contribution is 5.87. The second-order valence-electron chi connectivity index (χ2n) is 21.1. The third-order valence-electron chi connectivity index (χ3n) is 12.9. The van der Waals surface area contributed by atoms with Gasteiger partial charge in [-0.2, -0.15) is 0 Å². The van der Waals surface area contributed by atoms with Crippen molar-refractivity contribution in [1.29, 1.82) is 0 Å². The van der Waals surface area contributed by atoms with Crippen molar-refractivity contribution in [2.75, 3.05) is 79.3 Å². The number of rotatable bonds is 40. The molecule has 14 atom stereocenters. The molecular formula is C59H92O16. The highest BCUT2D eigenvalue weighted by atomic mass is 16.6. The molecule has 0 saturated heterocycles. The number of carbonyl (C=O) groups is 2. The average Bonchev–Trinajstić information content (AvgIpc) is 3.88. The Labute approximate surface area is 448 Å². The second-order valence-corrected chi connectivity index (χ2v) is 21.1. The number of carbonyl (C=O) groups excluding carboxylic acids is 2. The van der Waals surface area contributed by atoms with Crippen LogP contribution in [0.1, 0.15) is 121 Å². The molecule has 0 aromatic heterocycles. The molecule has 0 fully saturated rings. The highest BCUT2D eigenvalue weighted by Crippen LogP contribution is 2.63. The van der Waals surface area contributed by atoms with Crippen LogP contribution in [-0.4, -0.2) is 164 Å². The molecule has 5 rings (SSSR count). The van der Waals surface area contributed by atoms with E-state index in [0.29, 0.717) is 77.2 Å². The van der Waals surface area contributed by atoms with Crippen LogP contribution >= 0.6 is 0 Å². The Morgan fingerprint density at radius 3 is 1.13 bits per heavy atom. The maximum atomic E-state index is 11.7. The zero-order valence-electron chi connectivity index (χ0n) is 47.9. The van der Waals surface area contributed by atoms with Crippen LogP contribution in [0.5, 0.6) is 5.75 Å². The van der Waals surface area contributed by atoms with E-state index in [1.807, 2.05) is 69.2 Å². The molecule has 4 aliphatic carbocycles. The fraction of sp³-hybridized carbons (Fsp3) is 0.695. The lowest BCUT2D eigenvalue weighted by molar-refractivity contribution is -0.149. The van der Waals surface area contributed by atoms with E-state index in [0.717, 1.165) is 22.6 Å². The number of benzene rings is 1. The van der Waals surface area contributed by atoms with Crippen molar-refractivity contribution in [3.05, 3.63) is 88.8 Å². The van der Waals surface area contributed by atoms with E-state index in [-0.39, 0.29) is 97.8 Å². The van der Waals surface area contributed by atoms with Crippen molar-refractivity contribution in [2.45, 2.75) is 188 Å². The van der Waals surface area contributed by atoms with Crippen LogP contribution in [0.3, 0.4) is 0 Å². The van der Waals surface area contributed by atoms with E-state index in [4.69, 9.17) is 66.3 Å². The molecule has 0 heterocycles. The smallest absolute Gasteiger partial charge is 0.333 e. The largest absolute Gasteiger partial charge is 0.491 e. The summed E-state index contributed by atoms with van der Waals surface area (Å²) in [4.78, 5) is 23.4. The molecule has 16 heteroatoms. The van der Waals surface area contributed by atoms with Gasteiger partial charge in [0.25, 0.3) is 0 Å². The van der Waals surface area contributed by atoms with Crippen LogP contribution in [-0.2, 0) is 76.6 Å². The van der Waals surface area contributed by atoms with Crippen molar-refractivity contribution in [1.82, 2.24) is 0 Å². The Morgan fingerprint density at radius 2 is 0.787 bits per heavy atom. The fourth-order valence-electron chi connectivity index (χ4n) is 8.42. The molecule has 1 aromatic carbocycles. The average molecular weight is 1060 g/mol. The summed E-state index contributed by atoms with van der Waals surface area (Å²) in [5.74, 6) is 1.08. The molecule has 16 nitrogen and oxygen atoms in total. The minimum absolute atomic E-state index is 0.135. The van der Waals surface area contributed by atoms with Crippen molar-refractivity contribution in [3.8, 4) is 5.75 Å². The van der Waals surface area contributed by atoms with Crippen molar-refractivity contribution in [2.24, 2.45) is 0 Å². The van der Waals surface area contributed by atoms with Crippen molar-refractivity contribution < 1.29 is 75.9 Å². The molecule has 0 N–H and O–H groups in total. The molecule has 424 valence electrons. The van der Waals surface area contributed by atoms with Gasteiger partial charge in [-0.1, -0.05) is 44.4 Å². The molecule has 0 amide bonds. The molecule has 75 heavy (non-hydrogen) atoms. The zero-order valence-corrected chi connectivity index (χ0v) is 47.9. The van der Waals surface area contributed by atoms with Gasteiger partial charge in [-0.05, 0) is 126 Å². The number of hydrogen-bond acceptors (Lipinski definition) is 16. The van der Waals surface area contributed by atoms with E-state index in [2.05, 4.69) is 56.5 Å². The van der Waals surface area contributed by atoms with Crippen LogP contribution in [0.15, 0.2) is 77.6 Å². The standard InChI is InChI=1S/C59H92O16/c1-36(2)57(60)74-48(15)34-70-44(11)30-66-40(7)26-62-38(5)24-64-42(9)28-68-46(13)32-72-55-22-51-18-20-53(55)59(50(51)17)52-19-21-54(59)56(23-52)73-33-47(14)69-29-43(10)65-25-39(6)63-27-41(8)67-31-45(12)71-35-49(16)75-58(61)37(3)4/h18-23,38-50H,1,3,24-35H2,2,4-17H3. The lowest BCUT2D eigenvalue weighted by Gasteiger charge is -2.42. The first kappa shape index (κ1) is 63.6. The van der Waals surface area contributed by atoms with Gasteiger partial charge in [0.1, 0.15) is 36.9 Å². The fourth-order valence-corrected chi connectivity index (χ4v) is 8.42. The third kappa shape index (κ3) is 20.4. The monoisotopic (exact) mass is 1060 g/mol. The molecule has 1 spiro atoms. The summed E-state index contributed by atoms with van der Waals surface area (Å²) >= 11 is 0. The molecule has 4 aliphatic rings. The van der Waals surface area contributed by atoms with Crippen LogP contribution in [0, 0.1) is 0 Å². The molecule has 14 unspecified atom stereocenters. The summed E-state index contributed by atoms with van der Waals surface area (Å²) in [6.07, 6.45) is 4.27. The SMILES string of the molecule is C=C(C)C(=O)OC(C)COC(C)COC(C)COC(C)COC(C)COC(C)COC1=C2C=CC(=C1)C21c2ccc(cc2OCC(C)OCC(C)OCC(C)OCC(C)OCC(C)OCC(C)OC(=O)C(=C)C)C1C. The quantitative estimate of drug-likeness (QED) is 0.0451. The topological polar surface area (TPSA) is 163 Å². The number of hydrogen-bond donors (Lipinski definition) is 0. The van der Waals surface area contributed by atoms with Gasteiger partial charge in [0.2, 0.25) is 0 Å². The summed E-state index contributed by atoms with van der Waals surface area (Å²) < 4.78 is 83.4. The van der Waals surface area contributed by atoms with Gasteiger partial charge in [-0.15, -0.1) is 0 Å². The number of esters is 2. The van der Waals surface area contributed by atoms with Gasteiger partial charge < -0.3 is 66.3 Å². The van der Waals surface area contributed by atoms with Gasteiger partial charge in [-0.3, -0.25) is 0 Å². The minimum atomic E-state index is -0.426. The first-order valence-corrected chi connectivity index (χ1v) is 26.9. The van der Waals surface area contributed by atoms with Gasteiger partial charge in [-0.25, -0.2) is 9.59 Å². The molecule has 4 bridgehead atoms. The van der Waals surface area contributed by atoms with Crippen LogP contribution in [0.4, 0.5) is 0 Å². The van der Waals surface area contributed by atoms with E-state index >= 15 is 0 Å². The number of ether oxygens (including phenoxy) is 14. The maximum Gasteiger partial charge on any atom is 0.333 e. The summed E-state index contributed by atoms with van der Waals surface area (Å²) in [7, 11) is 0. The maximum absolute atomic E-state index is 11.7. The van der Waals surface area contributed by atoms with Gasteiger partial charge in [0.15, 0.2) is 0 Å². The van der Waals surface area contributed by atoms with Crippen molar-refractivity contribution >= 4 is 11.9 Å². The summed E-state index contributed by atoms with van der Waals surface area (Å²) in [5, 5.41) is 0. The Kier molecular flexibility index (Phi) is 26.7. The lowest BCUT2D eigenvalue weighted by atomic mass is 9.60. The first-order chi connectivity index (χ1) is 35.5. The summed E-state index contributed by atoms with van der Waals surface area (Å²) in [6, 6.07) is 6.55. The van der Waals surface area contributed by atoms with Crippen molar-refractivity contribution in [3.63, 3.8) is 0 Å². The Hall–Kier alpha value is -3.94. The predicted molar refractivity (Wildman–Crippen MR) is 287 cm³/mol. The molecule has 0 aliphatic heterocycles. The zero-order chi connectivity index (χ0) is 55.4. The normalized spacial score (nSPS) is 21.4. The van der Waals surface area contributed by atoms with Crippen LogP contribution in [0.25, 0.3) is 0 Å². The summed E-state index contributed by atoms with van der Waals surface area (Å²) in [6.45, 7) is 40.5. The van der Waals surface area contributed by atoms with E-state index in [9.17, 15) is 9.59 Å². The Morgan fingerprint density at radius 1 is 0.467 bits per heavy atom. The first-order valence-electron chi connectivity index (χ1n) is 26.9. The highest BCUT2D eigenvalue weighted by Gasteiger charge is 2.55. The van der Waals surface area contributed by atoms with Crippen LogP contribution < -0.4 is 4.74 Å². The summed E-state index contributed by atoms with van der Waals surface area (Å²) in [5.41, 5.74) is 5.04. The lowest BCUT2D eigenvalue weighted by Crippen LogP contribution is -2.36. The van der Waals surface area contributed by atoms with Gasteiger partial charge >= 0.3 is 11.9 Å². The van der Waals surface area contributed by atoms with E-state index < -0.39 is 11.9 Å².